The van der Waals surface area contributed by atoms with Gasteiger partial charge in [0.15, 0.2) is 6.61 Å². The second-order valence-electron chi connectivity index (χ2n) is 6.52. The van der Waals surface area contributed by atoms with Gasteiger partial charge in [0, 0.05) is 31.3 Å². The minimum absolute atomic E-state index is 0.0693. The molecule has 1 saturated heterocycles. The average molecular weight is 474 g/mol. The molecule has 0 N–H and O–H groups in total. The van der Waals surface area contributed by atoms with E-state index in [0.29, 0.717) is 17.7 Å². The minimum atomic E-state index is -4.79. The first-order valence-electron chi connectivity index (χ1n) is 8.53. The number of carbonyl (C=O) groups is 1. The highest BCUT2D eigenvalue weighted by molar-refractivity contribution is 6.40. The third-order valence-corrected chi connectivity index (χ3v) is 5.74. The minimum Gasteiger partial charge on any atom is -0.482 e. The predicted octanol–water partition coefficient (Wildman–Crippen LogP) is 5.81. The largest absolute Gasteiger partial charge is 0.482 e. The maximum absolute atomic E-state index is 14.5. The van der Waals surface area contributed by atoms with Crippen LogP contribution in [0.4, 0.5) is 17.6 Å². The van der Waals surface area contributed by atoms with Crippen LogP contribution in [0.5, 0.6) is 5.75 Å². The number of carbonyl (C=O) groups excluding carboxylic acids is 1. The fourth-order valence-corrected chi connectivity index (χ4v) is 4.15. The van der Waals surface area contributed by atoms with Gasteiger partial charge >= 0.3 is 6.18 Å². The lowest BCUT2D eigenvalue weighted by molar-refractivity contribution is -0.143. The summed E-state index contributed by atoms with van der Waals surface area (Å²) in [4.78, 5) is 13.8. The summed E-state index contributed by atoms with van der Waals surface area (Å²) in [5, 5.41) is -1.28. The first-order valence-corrected chi connectivity index (χ1v) is 9.66. The number of likely N-dealkylation sites (tertiary alicyclic amines) is 1. The molecule has 4 nitrogen and oxygen atoms in total. The zero-order valence-corrected chi connectivity index (χ0v) is 17.3. The summed E-state index contributed by atoms with van der Waals surface area (Å²) in [5.74, 6) is -1.27. The van der Waals surface area contributed by atoms with Crippen LogP contribution in [0.25, 0.3) is 11.1 Å². The molecule has 1 aromatic heterocycles. The van der Waals surface area contributed by atoms with Crippen LogP contribution in [-0.4, -0.2) is 35.1 Å². The SMILES string of the molecule is Cn1c(Cl)c(-c2cc(OCC(=O)N3CCCC3)c(Cl)cc2F)c(Cl)c1C(F)(F)F. The highest BCUT2D eigenvalue weighted by Crippen LogP contribution is 2.47. The summed E-state index contributed by atoms with van der Waals surface area (Å²) in [6.45, 7) is 0.912. The number of ether oxygens (including phenoxy) is 1. The van der Waals surface area contributed by atoms with Gasteiger partial charge in [-0.3, -0.25) is 4.79 Å². The Balaban J connectivity index is 1.97. The van der Waals surface area contributed by atoms with Gasteiger partial charge in [0.1, 0.15) is 22.4 Å². The average Bonchev–Trinajstić information content (AvgIpc) is 3.22. The van der Waals surface area contributed by atoms with Crippen molar-refractivity contribution in [1.82, 2.24) is 9.47 Å². The molecule has 11 heteroatoms. The zero-order chi connectivity index (χ0) is 21.5. The number of aromatic nitrogens is 1. The molecule has 1 fully saturated rings. The summed E-state index contributed by atoms with van der Waals surface area (Å²) in [5.41, 5.74) is -1.87. The van der Waals surface area contributed by atoms with Gasteiger partial charge in [-0.1, -0.05) is 34.8 Å². The highest BCUT2D eigenvalue weighted by Gasteiger charge is 2.40. The van der Waals surface area contributed by atoms with Crippen molar-refractivity contribution < 1.29 is 27.1 Å². The number of nitrogens with zero attached hydrogens (tertiary/aromatic N) is 2. The summed E-state index contributed by atoms with van der Waals surface area (Å²) < 4.78 is 60.4. The molecule has 0 aliphatic carbocycles. The molecule has 1 aliphatic rings. The quantitative estimate of drug-likeness (QED) is 0.525. The van der Waals surface area contributed by atoms with E-state index in [1.165, 1.54) is 0 Å². The molecule has 1 amide bonds. The number of alkyl halides is 3. The van der Waals surface area contributed by atoms with Crippen molar-refractivity contribution in [1.29, 1.82) is 0 Å². The van der Waals surface area contributed by atoms with E-state index in [-0.39, 0.29) is 34.4 Å². The molecule has 0 unspecified atom stereocenters. The summed E-state index contributed by atoms with van der Waals surface area (Å²) >= 11 is 17.9. The van der Waals surface area contributed by atoms with E-state index in [0.717, 1.165) is 32.0 Å². The molecule has 0 spiro atoms. The Labute approximate surface area is 178 Å². The van der Waals surface area contributed by atoms with Gasteiger partial charge in [-0.2, -0.15) is 13.2 Å². The van der Waals surface area contributed by atoms with E-state index in [2.05, 4.69) is 0 Å². The molecule has 158 valence electrons. The lowest BCUT2D eigenvalue weighted by atomic mass is 10.1. The van der Waals surface area contributed by atoms with Gasteiger partial charge in [0.05, 0.1) is 10.0 Å². The Kier molecular flexibility index (Phi) is 6.27. The fourth-order valence-electron chi connectivity index (χ4n) is 3.19. The zero-order valence-electron chi connectivity index (χ0n) is 15.0. The molecule has 1 aliphatic heterocycles. The van der Waals surface area contributed by atoms with Gasteiger partial charge in [-0.15, -0.1) is 0 Å². The Morgan fingerprint density at radius 1 is 1.17 bits per heavy atom. The van der Waals surface area contributed by atoms with E-state index in [1.54, 1.807) is 4.90 Å². The van der Waals surface area contributed by atoms with Crippen LogP contribution in [0, 0.1) is 5.82 Å². The Bertz CT molecular complexity index is 954. The lowest BCUT2D eigenvalue weighted by Gasteiger charge is -2.16. The number of rotatable bonds is 4. The van der Waals surface area contributed by atoms with Gasteiger partial charge in [-0.25, -0.2) is 4.39 Å². The van der Waals surface area contributed by atoms with Gasteiger partial charge in [0.2, 0.25) is 0 Å². The molecular formula is C18H15Cl3F4N2O2. The van der Waals surface area contributed by atoms with E-state index >= 15 is 0 Å². The molecule has 0 radical (unpaired) electrons. The van der Waals surface area contributed by atoms with E-state index in [1.807, 2.05) is 0 Å². The molecule has 2 aromatic rings. The van der Waals surface area contributed by atoms with Crippen molar-refractivity contribution in [3.8, 4) is 16.9 Å². The van der Waals surface area contributed by atoms with Crippen molar-refractivity contribution in [3.63, 3.8) is 0 Å². The van der Waals surface area contributed by atoms with Crippen molar-refractivity contribution in [3.05, 3.63) is 38.8 Å². The topological polar surface area (TPSA) is 34.5 Å². The number of amides is 1. The van der Waals surface area contributed by atoms with Gasteiger partial charge in [-0.05, 0) is 25.0 Å². The second-order valence-corrected chi connectivity index (χ2v) is 7.67. The summed E-state index contributed by atoms with van der Waals surface area (Å²) in [7, 11) is 1.07. The van der Waals surface area contributed by atoms with Crippen LogP contribution in [0.2, 0.25) is 15.2 Å². The van der Waals surface area contributed by atoms with Crippen molar-refractivity contribution in [2.75, 3.05) is 19.7 Å². The second kappa shape index (κ2) is 8.24. The first kappa shape index (κ1) is 22.1. The van der Waals surface area contributed by atoms with Crippen LogP contribution in [0.3, 0.4) is 0 Å². The molecular weight excluding hydrogens is 459 g/mol. The van der Waals surface area contributed by atoms with Crippen LogP contribution >= 0.6 is 34.8 Å². The standard InChI is InChI=1S/C18H15Cl3F4N2O2/c1-26-16(18(23,24)25)15(20)14(17(26)21)9-6-12(10(19)7-11(9)22)29-8-13(28)27-4-2-3-5-27/h6-7H,2-5,8H2,1H3. The predicted molar refractivity (Wildman–Crippen MR) is 102 cm³/mol. The fraction of sp³-hybridized carbons (Fsp3) is 0.389. The van der Waals surface area contributed by atoms with Crippen LogP contribution < -0.4 is 4.74 Å². The van der Waals surface area contributed by atoms with E-state index in [4.69, 9.17) is 39.5 Å². The number of benzene rings is 1. The maximum Gasteiger partial charge on any atom is 0.432 e. The monoisotopic (exact) mass is 472 g/mol. The molecule has 2 heterocycles. The lowest BCUT2D eigenvalue weighted by Crippen LogP contribution is -2.32. The molecule has 0 atom stereocenters. The van der Waals surface area contributed by atoms with Crippen LogP contribution in [0.15, 0.2) is 12.1 Å². The van der Waals surface area contributed by atoms with Gasteiger partial charge in [0.25, 0.3) is 5.91 Å². The van der Waals surface area contributed by atoms with Gasteiger partial charge < -0.3 is 14.2 Å². The first-order chi connectivity index (χ1) is 13.5. The molecule has 29 heavy (non-hydrogen) atoms. The Hall–Kier alpha value is -1.64. The van der Waals surface area contributed by atoms with Crippen molar-refractivity contribution in [2.24, 2.45) is 7.05 Å². The number of hydrogen-bond acceptors (Lipinski definition) is 2. The third kappa shape index (κ3) is 4.29. The third-order valence-electron chi connectivity index (χ3n) is 4.63. The normalized spacial score (nSPS) is 14.6. The Morgan fingerprint density at radius 3 is 2.34 bits per heavy atom. The van der Waals surface area contributed by atoms with Crippen LogP contribution in [0.1, 0.15) is 18.5 Å². The van der Waals surface area contributed by atoms with E-state index in [9.17, 15) is 22.4 Å². The molecule has 0 saturated carbocycles. The number of halogens is 7. The molecule has 3 rings (SSSR count). The van der Waals surface area contributed by atoms with Crippen molar-refractivity contribution in [2.45, 2.75) is 19.0 Å². The smallest absolute Gasteiger partial charge is 0.432 e. The number of hydrogen-bond donors (Lipinski definition) is 0. The summed E-state index contributed by atoms with van der Waals surface area (Å²) in [6, 6.07) is 1.96. The van der Waals surface area contributed by atoms with Crippen molar-refractivity contribution >= 4 is 40.7 Å². The van der Waals surface area contributed by atoms with Crippen LogP contribution in [-0.2, 0) is 18.0 Å². The summed E-state index contributed by atoms with van der Waals surface area (Å²) in [6.07, 6.45) is -2.99. The Morgan fingerprint density at radius 2 is 1.79 bits per heavy atom. The highest BCUT2D eigenvalue weighted by atomic mass is 35.5. The maximum atomic E-state index is 14.5. The molecule has 1 aromatic carbocycles. The van der Waals surface area contributed by atoms with E-state index < -0.39 is 27.9 Å². The molecule has 0 bridgehead atoms.